The molecule has 2 aromatic carbocycles. The Hall–Kier alpha value is -2.53. The fourth-order valence-electron chi connectivity index (χ4n) is 2.59. The topological polar surface area (TPSA) is 67.4 Å². The van der Waals surface area contributed by atoms with E-state index in [-0.39, 0.29) is 17.4 Å². The fourth-order valence-corrected chi connectivity index (χ4v) is 2.71. The van der Waals surface area contributed by atoms with Crippen LogP contribution in [0.1, 0.15) is 50.0 Å². The Kier molecular flexibility index (Phi) is 7.08. The van der Waals surface area contributed by atoms with Gasteiger partial charge in [0.05, 0.1) is 11.3 Å². The summed E-state index contributed by atoms with van der Waals surface area (Å²) in [4.78, 5) is 25.3. The minimum absolute atomic E-state index is 0.245. The molecule has 0 fully saturated rings. The molecule has 0 aliphatic carbocycles. The van der Waals surface area contributed by atoms with E-state index < -0.39 is 6.10 Å². The predicted molar refractivity (Wildman–Crippen MR) is 113 cm³/mol. The first kappa shape index (κ1) is 21.8. The molecule has 0 bridgehead atoms. The van der Waals surface area contributed by atoms with Gasteiger partial charge in [0.2, 0.25) is 0 Å². The third-order valence-electron chi connectivity index (χ3n) is 3.99. The second kappa shape index (κ2) is 9.11. The second-order valence-corrected chi connectivity index (χ2v) is 8.07. The minimum atomic E-state index is -0.695. The molecule has 150 valence electrons. The molecule has 0 radical (unpaired) electrons. The molecular formula is C22H27ClN2O3. The van der Waals surface area contributed by atoms with Gasteiger partial charge in [0, 0.05) is 10.6 Å². The van der Waals surface area contributed by atoms with Gasteiger partial charge in [-0.3, -0.25) is 9.59 Å². The number of aryl methyl sites for hydroxylation is 1. The van der Waals surface area contributed by atoms with Gasteiger partial charge in [-0.2, -0.15) is 0 Å². The minimum Gasteiger partial charge on any atom is -0.481 e. The third-order valence-corrected chi connectivity index (χ3v) is 4.41. The summed E-state index contributed by atoms with van der Waals surface area (Å²) in [5.41, 5.74) is 1.35. The summed E-state index contributed by atoms with van der Waals surface area (Å²) >= 11 is 6.04. The normalized spacial score (nSPS) is 12.2. The van der Waals surface area contributed by atoms with Gasteiger partial charge in [0.15, 0.2) is 6.10 Å². The van der Waals surface area contributed by atoms with Crippen molar-refractivity contribution in [1.82, 2.24) is 5.32 Å². The Labute approximate surface area is 171 Å². The Balaban J connectivity index is 2.16. The maximum absolute atomic E-state index is 12.8. The largest absolute Gasteiger partial charge is 0.481 e. The smallest absolute Gasteiger partial charge is 0.265 e. The molecule has 2 rings (SSSR count). The molecule has 2 N–H and O–H groups in total. The van der Waals surface area contributed by atoms with Crippen LogP contribution in [0.15, 0.2) is 42.5 Å². The van der Waals surface area contributed by atoms with E-state index in [1.54, 1.807) is 42.5 Å². The van der Waals surface area contributed by atoms with Crippen LogP contribution in [-0.2, 0) is 4.79 Å². The van der Waals surface area contributed by atoms with Gasteiger partial charge >= 0.3 is 0 Å². The Morgan fingerprint density at radius 2 is 1.82 bits per heavy atom. The van der Waals surface area contributed by atoms with Crippen LogP contribution in [-0.4, -0.2) is 23.5 Å². The lowest BCUT2D eigenvalue weighted by Crippen LogP contribution is -2.41. The molecular weight excluding hydrogens is 376 g/mol. The SMILES string of the molecule is CCC(Oc1ccc(Cl)c(C)c1)C(=O)Nc1ccccc1C(=O)NC(C)(C)C. The molecule has 5 nitrogen and oxygen atoms in total. The molecule has 0 aliphatic rings. The highest BCUT2D eigenvalue weighted by Gasteiger charge is 2.22. The van der Waals surface area contributed by atoms with Crippen molar-refractivity contribution in [2.24, 2.45) is 0 Å². The molecule has 2 aromatic rings. The number of anilines is 1. The Morgan fingerprint density at radius 1 is 1.14 bits per heavy atom. The molecule has 28 heavy (non-hydrogen) atoms. The number of rotatable bonds is 6. The van der Waals surface area contributed by atoms with E-state index in [2.05, 4.69) is 10.6 Å². The van der Waals surface area contributed by atoms with Gasteiger partial charge in [-0.05, 0) is 70.0 Å². The maximum atomic E-state index is 12.8. The standard InChI is InChI=1S/C22H27ClN2O3/c1-6-19(28-15-11-12-17(23)14(2)13-15)21(27)24-18-10-8-7-9-16(18)20(26)25-22(3,4)5/h7-13,19H,6H2,1-5H3,(H,24,27)(H,25,26). The number of hydrogen-bond acceptors (Lipinski definition) is 3. The maximum Gasteiger partial charge on any atom is 0.265 e. The number of para-hydroxylation sites is 1. The summed E-state index contributed by atoms with van der Waals surface area (Å²) in [5, 5.41) is 6.38. The number of nitrogens with one attached hydrogen (secondary N) is 2. The first-order valence-electron chi connectivity index (χ1n) is 9.26. The molecule has 0 heterocycles. The monoisotopic (exact) mass is 402 g/mol. The van der Waals surface area contributed by atoms with Crippen LogP contribution in [0.2, 0.25) is 5.02 Å². The second-order valence-electron chi connectivity index (χ2n) is 7.66. The van der Waals surface area contributed by atoms with Gasteiger partial charge in [0.1, 0.15) is 5.75 Å². The molecule has 2 amide bonds. The number of halogens is 1. The van der Waals surface area contributed by atoms with Gasteiger partial charge < -0.3 is 15.4 Å². The van der Waals surface area contributed by atoms with E-state index in [9.17, 15) is 9.59 Å². The zero-order valence-corrected chi connectivity index (χ0v) is 17.7. The lowest BCUT2D eigenvalue weighted by Gasteiger charge is -2.22. The summed E-state index contributed by atoms with van der Waals surface area (Å²) < 4.78 is 5.84. The lowest BCUT2D eigenvalue weighted by molar-refractivity contribution is -0.122. The number of carbonyl (C=O) groups excluding carboxylic acids is 2. The number of hydrogen-bond donors (Lipinski definition) is 2. The van der Waals surface area contributed by atoms with E-state index in [0.717, 1.165) is 5.56 Å². The molecule has 0 spiro atoms. The van der Waals surface area contributed by atoms with Crippen LogP contribution >= 0.6 is 11.6 Å². The molecule has 0 saturated carbocycles. The summed E-state index contributed by atoms with van der Waals surface area (Å²) in [6.45, 7) is 9.45. The van der Waals surface area contributed by atoms with Crippen molar-refractivity contribution in [1.29, 1.82) is 0 Å². The molecule has 6 heteroatoms. The average molecular weight is 403 g/mol. The number of benzene rings is 2. The summed E-state index contributed by atoms with van der Waals surface area (Å²) in [5.74, 6) is 0.0134. The summed E-state index contributed by atoms with van der Waals surface area (Å²) in [6.07, 6.45) is -0.219. The first-order valence-corrected chi connectivity index (χ1v) is 9.63. The summed E-state index contributed by atoms with van der Waals surface area (Å²) in [6, 6.07) is 12.2. The van der Waals surface area contributed by atoms with Gasteiger partial charge in [0.25, 0.3) is 11.8 Å². The zero-order valence-electron chi connectivity index (χ0n) is 16.9. The highest BCUT2D eigenvalue weighted by atomic mass is 35.5. The summed E-state index contributed by atoms with van der Waals surface area (Å²) in [7, 11) is 0. The highest BCUT2D eigenvalue weighted by Crippen LogP contribution is 2.23. The van der Waals surface area contributed by atoms with Crippen molar-refractivity contribution < 1.29 is 14.3 Å². The number of amides is 2. The van der Waals surface area contributed by atoms with Gasteiger partial charge in [-0.1, -0.05) is 30.7 Å². The van der Waals surface area contributed by atoms with Crippen molar-refractivity contribution in [2.75, 3.05) is 5.32 Å². The van der Waals surface area contributed by atoms with E-state index in [1.807, 2.05) is 34.6 Å². The molecule has 0 aliphatic heterocycles. The van der Waals surface area contributed by atoms with Crippen LogP contribution in [0.5, 0.6) is 5.75 Å². The van der Waals surface area contributed by atoms with E-state index in [0.29, 0.717) is 28.4 Å². The molecule has 1 atom stereocenters. The average Bonchev–Trinajstić information content (AvgIpc) is 2.61. The van der Waals surface area contributed by atoms with Crippen LogP contribution in [0.4, 0.5) is 5.69 Å². The quantitative estimate of drug-likeness (QED) is 0.716. The first-order chi connectivity index (χ1) is 13.1. The number of ether oxygens (including phenoxy) is 1. The number of carbonyl (C=O) groups is 2. The van der Waals surface area contributed by atoms with Crippen molar-refractivity contribution in [3.63, 3.8) is 0 Å². The van der Waals surface area contributed by atoms with E-state index in [1.165, 1.54) is 0 Å². The molecule has 1 unspecified atom stereocenters. The van der Waals surface area contributed by atoms with Crippen LogP contribution in [0.3, 0.4) is 0 Å². The van der Waals surface area contributed by atoms with Crippen LogP contribution in [0.25, 0.3) is 0 Å². The van der Waals surface area contributed by atoms with Crippen LogP contribution in [0, 0.1) is 6.92 Å². The highest BCUT2D eigenvalue weighted by molar-refractivity contribution is 6.31. The van der Waals surface area contributed by atoms with Crippen molar-refractivity contribution >= 4 is 29.1 Å². The van der Waals surface area contributed by atoms with Crippen LogP contribution < -0.4 is 15.4 Å². The Bertz CT molecular complexity index is 859. The van der Waals surface area contributed by atoms with Gasteiger partial charge in [-0.15, -0.1) is 0 Å². The lowest BCUT2D eigenvalue weighted by atomic mass is 10.1. The fraction of sp³-hybridized carbons (Fsp3) is 0.364. The van der Waals surface area contributed by atoms with E-state index >= 15 is 0 Å². The van der Waals surface area contributed by atoms with Gasteiger partial charge in [-0.25, -0.2) is 0 Å². The van der Waals surface area contributed by atoms with Crippen molar-refractivity contribution in [3.8, 4) is 5.75 Å². The van der Waals surface area contributed by atoms with Crippen molar-refractivity contribution in [3.05, 3.63) is 58.6 Å². The Morgan fingerprint density at radius 3 is 2.43 bits per heavy atom. The van der Waals surface area contributed by atoms with Crippen molar-refractivity contribution in [2.45, 2.75) is 52.7 Å². The molecule has 0 aromatic heterocycles. The predicted octanol–water partition coefficient (Wildman–Crippen LogP) is 4.97. The zero-order chi connectivity index (χ0) is 20.9. The van der Waals surface area contributed by atoms with E-state index in [4.69, 9.17) is 16.3 Å². The third kappa shape index (κ3) is 5.99. The molecule has 0 saturated heterocycles.